The van der Waals surface area contributed by atoms with Gasteiger partial charge in [-0.15, -0.1) is 11.3 Å². The van der Waals surface area contributed by atoms with Gasteiger partial charge in [-0.05, 0) is 35.2 Å². The van der Waals surface area contributed by atoms with Crippen molar-refractivity contribution in [3.05, 3.63) is 82.5 Å². The molecule has 2 aromatic heterocycles. The Morgan fingerprint density at radius 3 is 2.54 bits per heavy atom. The van der Waals surface area contributed by atoms with Crippen LogP contribution in [0, 0.1) is 0 Å². The van der Waals surface area contributed by atoms with Crippen LogP contribution in [0.1, 0.15) is 11.5 Å². The average Bonchev–Trinajstić information content (AvgIpc) is 3.37. The summed E-state index contributed by atoms with van der Waals surface area (Å²) in [5.74, 6) is 1.04. The molecule has 0 radical (unpaired) electrons. The van der Waals surface area contributed by atoms with Crippen LogP contribution in [0.5, 0.6) is 0 Å². The number of rotatable bonds is 5. The lowest BCUT2D eigenvalue weighted by Crippen LogP contribution is -2.20. The van der Waals surface area contributed by atoms with Crippen LogP contribution in [0.3, 0.4) is 0 Å². The van der Waals surface area contributed by atoms with Gasteiger partial charge in [0.2, 0.25) is 11.7 Å². The van der Waals surface area contributed by atoms with Gasteiger partial charge in [-0.25, -0.2) is 4.79 Å². The number of nitrogens with zero attached hydrogens (tertiary/aromatic N) is 2. The number of benzene rings is 2. The molecule has 2 aromatic carbocycles. The number of hydrogen-bond acceptors (Lipinski definition) is 5. The Balaban J connectivity index is 1.48. The van der Waals surface area contributed by atoms with Gasteiger partial charge in [0.1, 0.15) is 0 Å². The van der Waals surface area contributed by atoms with E-state index in [0.29, 0.717) is 34.5 Å². The minimum absolute atomic E-state index is 0.384. The third kappa shape index (κ3) is 4.21. The molecule has 8 heteroatoms. The molecule has 0 unspecified atom stereocenters. The van der Waals surface area contributed by atoms with Gasteiger partial charge < -0.3 is 15.2 Å². The molecule has 0 spiro atoms. The van der Waals surface area contributed by atoms with E-state index in [0.717, 1.165) is 10.4 Å². The molecule has 6 nitrogen and oxygen atoms in total. The third-order valence-corrected chi connectivity index (χ3v) is 5.13. The molecule has 0 bridgehead atoms. The number of nitrogens with one attached hydrogen (secondary N) is 2. The molecule has 2 amide bonds. The predicted octanol–water partition coefficient (Wildman–Crippen LogP) is 5.69. The number of amides is 2. The molecule has 0 saturated heterocycles. The van der Waals surface area contributed by atoms with Crippen molar-refractivity contribution in [2.24, 2.45) is 0 Å². The largest absolute Gasteiger partial charge is 0.339 e. The topological polar surface area (TPSA) is 80.0 Å². The predicted molar refractivity (Wildman–Crippen MR) is 111 cm³/mol. The van der Waals surface area contributed by atoms with E-state index in [1.165, 1.54) is 0 Å². The van der Waals surface area contributed by atoms with E-state index >= 15 is 0 Å². The molecule has 4 aromatic rings. The van der Waals surface area contributed by atoms with Gasteiger partial charge in [-0.1, -0.05) is 53.2 Å². The average molecular weight is 411 g/mol. The van der Waals surface area contributed by atoms with Gasteiger partial charge in [0.15, 0.2) is 0 Å². The highest BCUT2D eigenvalue weighted by Gasteiger charge is 2.13. The number of carbonyl (C=O) groups excluding carboxylic acids is 1. The minimum Gasteiger partial charge on any atom is -0.339 e. The summed E-state index contributed by atoms with van der Waals surface area (Å²) in [6, 6.07) is 18.0. The lowest BCUT2D eigenvalue weighted by molar-refractivity contribution is 0.262. The van der Waals surface area contributed by atoms with Crippen molar-refractivity contribution in [2.45, 2.75) is 6.42 Å². The molecule has 0 aliphatic rings. The first-order valence-corrected chi connectivity index (χ1v) is 9.72. The van der Waals surface area contributed by atoms with Crippen LogP contribution in [0.2, 0.25) is 5.02 Å². The van der Waals surface area contributed by atoms with Gasteiger partial charge in [-0.3, -0.25) is 0 Å². The molecular weight excluding hydrogens is 396 g/mol. The summed E-state index contributed by atoms with van der Waals surface area (Å²) in [6.07, 6.45) is 0.404. The van der Waals surface area contributed by atoms with Crippen molar-refractivity contribution in [1.82, 2.24) is 10.1 Å². The van der Waals surface area contributed by atoms with Crippen molar-refractivity contribution in [1.29, 1.82) is 0 Å². The van der Waals surface area contributed by atoms with E-state index in [2.05, 4.69) is 20.8 Å². The van der Waals surface area contributed by atoms with E-state index in [4.69, 9.17) is 16.1 Å². The molecule has 0 saturated carbocycles. The van der Waals surface area contributed by atoms with E-state index in [9.17, 15) is 4.79 Å². The van der Waals surface area contributed by atoms with Crippen molar-refractivity contribution in [3.63, 3.8) is 0 Å². The summed E-state index contributed by atoms with van der Waals surface area (Å²) in [7, 11) is 0. The second-order valence-electron chi connectivity index (χ2n) is 5.88. The maximum absolute atomic E-state index is 12.4. The molecule has 0 atom stereocenters. The number of halogens is 1. The third-order valence-electron chi connectivity index (χ3n) is 3.94. The Morgan fingerprint density at radius 2 is 1.75 bits per heavy atom. The fraction of sp³-hybridized carbons (Fsp3) is 0.0500. The number of carbonyl (C=O) groups is 1. The monoisotopic (exact) mass is 410 g/mol. The maximum Gasteiger partial charge on any atom is 0.323 e. The first kappa shape index (κ1) is 18.2. The number of anilines is 2. The van der Waals surface area contributed by atoms with E-state index in [1.807, 2.05) is 41.8 Å². The van der Waals surface area contributed by atoms with E-state index in [-0.39, 0.29) is 6.03 Å². The van der Waals surface area contributed by atoms with Crippen LogP contribution in [0.25, 0.3) is 10.7 Å². The van der Waals surface area contributed by atoms with Gasteiger partial charge in [-0.2, -0.15) is 4.98 Å². The zero-order valence-electron chi connectivity index (χ0n) is 14.6. The molecule has 140 valence electrons. The van der Waals surface area contributed by atoms with Crippen molar-refractivity contribution in [2.75, 3.05) is 10.6 Å². The second-order valence-corrected chi connectivity index (χ2v) is 7.24. The summed E-state index contributed by atoms with van der Waals surface area (Å²) in [5.41, 5.74) is 2.05. The minimum atomic E-state index is -0.384. The van der Waals surface area contributed by atoms with Crippen LogP contribution in [-0.2, 0) is 6.42 Å². The van der Waals surface area contributed by atoms with Crippen LogP contribution >= 0.6 is 22.9 Å². The number of aromatic nitrogens is 2. The Labute approximate surface area is 170 Å². The zero-order valence-corrected chi connectivity index (χ0v) is 16.1. The SMILES string of the molecule is O=C(Nc1ccccc1Cl)Nc1ccccc1Cc1nc(-c2cccs2)no1. The molecule has 0 aliphatic carbocycles. The molecule has 0 aliphatic heterocycles. The van der Waals surface area contributed by atoms with Crippen molar-refractivity contribution < 1.29 is 9.32 Å². The molecular formula is C20H15ClN4O2S. The number of thiophene rings is 1. The summed E-state index contributed by atoms with van der Waals surface area (Å²) in [4.78, 5) is 17.7. The van der Waals surface area contributed by atoms with E-state index < -0.39 is 0 Å². The summed E-state index contributed by atoms with van der Waals surface area (Å²) in [6.45, 7) is 0. The smallest absolute Gasteiger partial charge is 0.323 e. The van der Waals surface area contributed by atoms with Gasteiger partial charge in [0.05, 0.1) is 22.0 Å². The standard InChI is InChI=1S/C20H15ClN4O2S/c21-14-7-2-4-9-16(14)23-20(26)22-15-8-3-1-6-13(15)12-18-24-19(25-27-18)17-10-5-11-28-17/h1-11H,12H2,(H2,22,23,26). The highest BCUT2D eigenvalue weighted by atomic mass is 35.5. The lowest BCUT2D eigenvalue weighted by Gasteiger charge is -2.11. The quantitative estimate of drug-likeness (QED) is 0.443. The summed E-state index contributed by atoms with van der Waals surface area (Å²) in [5, 5.41) is 12.0. The molecule has 2 N–H and O–H groups in total. The molecule has 0 fully saturated rings. The number of urea groups is 1. The first-order chi connectivity index (χ1) is 13.7. The van der Waals surface area contributed by atoms with Gasteiger partial charge in [0.25, 0.3) is 0 Å². The molecule has 28 heavy (non-hydrogen) atoms. The molecule has 2 heterocycles. The number of para-hydroxylation sites is 2. The highest BCUT2D eigenvalue weighted by Crippen LogP contribution is 2.24. The van der Waals surface area contributed by atoms with E-state index in [1.54, 1.807) is 35.6 Å². The lowest BCUT2D eigenvalue weighted by atomic mass is 10.1. The van der Waals surface area contributed by atoms with Gasteiger partial charge in [0, 0.05) is 5.69 Å². The normalized spacial score (nSPS) is 10.6. The Kier molecular flexibility index (Phi) is 5.36. The van der Waals surface area contributed by atoms with Crippen molar-refractivity contribution >= 4 is 40.3 Å². The van der Waals surface area contributed by atoms with Crippen LogP contribution in [0.4, 0.5) is 16.2 Å². The van der Waals surface area contributed by atoms with Gasteiger partial charge >= 0.3 is 6.03 Å². The zero-order chi connectivity index (χ0) is 19.3. The summed E-state index contributed by atoms with van der Waals surface area (Å²) < 4.78 is 5.36. The number of hydrogen-bond donors (Lipinski definition) is 2. The Hall–Kier alpha value is -3.16. The highest BCUT2D eigenvalue weighted by molar-refractivity contribution is 7.13. The molecule has 4 rings (SSSR count). The fourth-order valence-corrected chi connectivity index (χ4v) is 3.46. The Bertz CT molecular complexity index is 1100. The van der Waals surface area contributed by atoms with Crippen LogP contribution in [-0.4, -0.2) is 16.2 Å². The summed E-state index contributed by atoms with van der Waals surface area (Å²) >= 11 is 7.63. The van der Waals surface area contributed by atoms with Crippen molar-refractivity contribution in [3.8, 4) is 10.7 Å². The second kappa shape index (κ2) is 8.24. The maximum atomic E-state index is 12.4. The Morgan fingerprint density at radius 1 is 1.00 bits per heavy atom. The first-order valence-electron chi connectivity index (χ1n) is 8.46. The van der Waals surface area contributed by atoms with Crippen LogP contribution in [0.15, 0.2) is 70.6 Å². The fourth-order valence-electron chi connectivity index (χ4n) is 2.63. The van der Waals surface area contributed by atoms with Crippen LogP contribution < -0.4 is 10.6 Å².